The Balaban J connectivity index is 0.988. The van der Waals surface area contributed by atoms with Gasteiger partial charge in [0, 0.05) is 27.5 Å². The summed E-state index contributed by atoms with van der Waals surface area (Å²) < 4.78 is 0. The molecule has 0 amide bonds. The van der Waals surface area contributed by atoms with E-state index >= 15 is 0 Å². The summed E-state index contributed by atoms with van der Waals surface area (Å²) in [7, 11) is 0. The number of aromatic nitrogens is 3. The van der Waals surface area contributed by atoms with Crippen molar-refractivity contribution < 1.29 is 0 Å². The van der Waals surface area contributed by atoms with E-state index < -0.39 is 0 Å². The molecule has 0 aliphatic heterocycles. The lowest BCUT2D eigenvalue weighted by atomic mass is 9.59. The highest BCUT2D eigenvalue weighted by Gasteiger charge is 2.66. The first-order valence-corrected chi connectivity index (χ1v) is 19.9. The fraction of sp³-hybridized carbons (Fsp3) is 0.235. The standard InChI is InChI=1S/C51H41N3/c1-50(2)41-16-8-6-13-37(41)40-29-34(23-24-42(40)50)31-19-21-33(22-20-31)48-52-47(32-11-4-3-5-12-32)53-49(54-48)39-15-10-18-44-46(39)38-14-7-9-17-43(38)51(44)36-26-30-25-35(28-36)45(51)27-30/h3-24,29-30,35-36,45H,25-28H2,1-2H3. The van der Waals surface area contributed by atoms with Crippen molar-refractivity contribution in [3.63, 3.8) is 0 Å². The van der Waals surface area contributed by atoms with E-state index in [0.717, 1.165) is 46.2 Å². The van der Waals surface area contributed by atoms with Gasteiger partial charge < -0.3 is 0 Å². The van der Waals surface area contributed by atoms with Gasteiger partial charge in [-0.1, -0.05) is 147 Å². The predicted octanol–water partition coefficient (Wildman–Crippen LogP) is 12.2. The third-order valence-electron chi connectivity index (χ3n) is 14.3. The first-order valence-electron chi connectivity index (χ1n) is 19.9. The minimum absolute atomic E-state index is 0.000995. The van der Waals surface area contributed by atoms with Gasteiger partial charge >= 0.3 is 0 Å². The highest BCUT2D eigenvalue weighted by Crippen LogP contribution is 2.73. The number of hydrogen-bond donors (Lipinski definition) is 0. The summed E-state index contributed by atoms with van der Waals surface area (Å²) in [5.41, 5.74) is 16.9. The number of fused-ring (bicyclic) bond motifs is 6. The lowest BCUT2D eigenvalue weighted by molar-refractivity contribution is 0.191. The molecule has 0 N–H and O–H groups in total. The third kappa shape index (κ3) is 4.05. The normalized spacial score (nSPS) is 24.4. The van der Waals surface area contributed by atoms with Crippen molar-refractivity contribution in [3.05, 3.63) is 162 Å². The van der Waals surface area contributed by atoms with E-state index in [1.165, 1.54) is 75.8 Å². The van der Waals surface area contributed by atoms with Gasteiger partial charge in [-0.05, 0) is 111 Å². The molecule has 54 heavy (non-hydrogen) atoms. The molecule has 6 aliphatic carbocycles. The number of rotatable bonds is 4. The van der Waals surface area contributed by atoms with Gasteiger partial charge in [-0.2, -0.15) is 0 Å². The molecule has 5 unspecified atom stereocenters. The maximum Gasteiger partial charge on any atom is 0.164 e. The molecule has 3 heteroatoms. The van der Waals surface area contributed by atoms with Crippen LogP contribution in [0.25, 0.3) is 67.5 Å². The van der Waals surface area contributed by atoms with Gasteiger partial charge in [0.2, 0.25) is 0 Å². The number of benzene rings is 6. The van der Waals surface area contributed by atoms with Crippen LogP contribution in [0, 0.1) is 23.7 Å². The zero-order valence-corrected chi connectivity index (χ0v) is 30.8. The van der Waals surface area contributed by atoms with Crippen LogP contribution in [-0.2, 0) is 10.8 Å². The van der Waals surface area contributed by atoms with Gasteiger partial charge in [-0.25, -0.2) is 15.0 Å². The molecule has 1 aromatic heterocycles. The van der Waals surface area contributed by atoms with Crippen LogP contribution in [-0.4, -0.2) is 15.0 Å². The predicted molar refractivity (Wildman–Crippen MR) is 218 cm³/mol. The average molecular weight is 696 g/mol. The van der Waals surface area contributed by atoms with Gasteiger partial charge in [0.25, 0.3) is 0 Å². The van der Waals surface area contributed by atoms with Gasteiger partial charge in [-0.3, -0.25) is 0 Å². The second-order valence-electron chi connectivity index (χ2n) is 17.2. The van der Waals surface area contributed by atoms with Crippen LogP contribution in [0.1, 0.15) is 61.8 Å². The van der Waals surface area contributed by atoms with Gasteiger partial charge in [0.15, 0.2) is 17.5 Å². The molecule has 0 saturated heterocycles. The SMILES string of the molecule is CC1(C)c2ccccc2-c2cc(-c3ccc(-c4nc(-c5ccccc5)nc(-c5cccc6c5-c5ccccc5C65C6CC7CC(C6)C5C7)n4)cc3)ccc21. The molecule has 6 aliphatic rings. The van der Waals surface area contributed by atoms with E-state index in [0.29, 0.717) is 11.6 Å². The molecule has 13 rings (SSSR count). The van der Waals surface area contributed by atoms with Crippen molar-refractivity contribution in [2.75, 3.05) is 0 Å². The van der Waals surface area contributed by atoms with Gasteiger partial charge in [-0.15, -0.1) is 0 Å². The zero-order valence-electron chi connectivity index (χ0n) is 30.8. The Bertz CT molecular complexity index is 2670. The van der Waals surface area contributed by atoms with E-state index in [1.807, 2.05) is 6.07 Å². The van der Waals surface area contributed by atoms with Crippen LogP contribution >= 0.6 is 0 Å². The highest BCUT2D eigenvalue weighted by molar-refractivity contribution is 5.92. The molecule has 6 aromatic carbocycles. The van der Waals surface area contributed by atoms with Crippen molar-refractivity contribution in [3.8, 4) is 67.5 Å². The Morgan fingerprint density at radius 1 is 0.444 bits per heavy atom. The Morgan fingerprint density at radius 2 is 1.06 bits per heavy atom. The molecule has 5 atom stereocenters. The zero-order chi connectivity index (χ0) is 35.8. The molecular weight excluding hydrogens is 655 g/mol. The molecule has 7 aromatic rings. The van der Waals surface area contributed by atoms with Crippen molar-refractivity contribution in [1.82, 2.24) is 15.0 Å². The van der Waals surface area contributed by atoms with Crippen LogP contribution in [0.4, 0.5) is 0 Å². The molecule has 3 nitrogen and oxygen atoms in total. The van der Waals surface area contributed by atoms with Crippen LogP contribution in [0.2, 0.25) is 0 Å². The second kappa shape index (κ2) is 10.9. The maximum atomic E-state index is 5.33. The van der Waals surface area contributed by atoms with E-state index in [2.05, 4.69) is 147 Å². The molecule has 4 fully saturated rings. The second-order valence-corrected chi connectivity index (χ2v) is 17.2. The summed E-state index contributed by atoms with van der Waals surface area (Å²) in [6.07, 6.45) is 5.54. The summed E-state index contributed by atoms with van der Waals surface area (Å²) >= 11 is 0. The average Bonchev–Trinajstić information content (AvgIpc) is 3.85. The minimum Gasteiger partial charge on any atom is -0.208 e. The Hall–Kier alpha value is -5.67. The van der Waals surface area contributed by atoms with E-state index in [1.54, 1.807) is 5.56 Å². The van der Waals surface area contributed by atoms with Gasteiger partial charge in [0.05, 0.1) is 0 Å². The monoisotopic (exact) mass is 695 g/mol. The Morgan fingerprint density at radius 3 is 1.85 bits per heavy atom. The molecule has 4 saturated carbocycles. The van der Waals surface area contributed by atoms with Crippen LogP contribution in [0.5, 0.6) is 0 Å². The van der Waals surface area contributed by atoms with E-state index in [9.17, 15) is 0 Å². The topological polar surface area (TPSA) is 38.7 Å². The largest absolute Gasteiger partial charge is 0.208 e. The smallest absolute Gasteiger partial charge is 0.164 e. The summed E-state index contributed by atoms with van der Waals surface area (Å²) in [5.74, 6) is 5.38. The summed E-state index contributed by atoms with van der Waals surface area (Å²) in [4.78, 5) is 15.7. The number of hydrogen-bond acceptors (Lipinski definition) is 3. The fourth-order valence-electron chi connectivity index (χ4n) is 12.3. The summed E-state index contributed by atoms with van der Waals surface area (Å²) in [5, 5.41) is 0. The van der Waals surface area contributed by atoms with Crippen molar-refractivity contribution in [2.45, 2.75) is 50.4 Å². The van der Waals surface area contributed by atoms with Gasteiger partial charge in [0.1, 0.15) is 0 Å². The molecule has 260 valence electrons. The maximum absolute atomic E-state index is 5.33. The molecule has 0 radical (unpaired) electrons. The van der Waals surface area contributed by atoms with Crippen molar-refractivity contribution in [2.24, 2.45) is 23.7 Å². The van der Waals surface area contributed by atoms with Crippen LogP contribution in [0.15, 0.2) is 140 Å². The third-order valence-corrected chi connectivity index (χ3v) is 14.3. The lowest BCUT2D eigenvalue weighted by Gasteiger charge is -2.43. The lowest BCUT2D eigenvalue weighted by Crippen LogP contribution is -2.40. The van der Waals surface area contributed by atoms with Crippen molar-refractivity contribution >= 4 is 0 Å². The van der Waals surface area contributed by atoms with E-state index in [-0.39, 0.29) is 10.8 Å². The first kappa shape index (κ1) is 30.8. The highest BCUT2D eigenvalue weighted by atomic mass is 15.0. The molecule has 4 bridgehead atoms. The number of nitrogens with zero attached hydrogens (tertiary/aromatic N) is 3. The fourth-order valence-corrected chi connectivity index (χ4v) is 12.3. The van der Waals surface area contributed by atoms with Crippen LogP contribution < -0.4 is 0 Å². The molecule has 1 heterocycles. The Labute approximate surface area is 317 Å². The summed E-state index contributed by atoms with van der Waals surface area (Å²) in [6, 6.07) is 51.3. The van der Waals surface area contributed by atoms with Crippen molar-refractivity contribution in [1.29, 1.82) is 0 Å². The minimum atomic E-state index is -0.000995. The molecular formula is C51H41N3. The Kier molecular flexibility index (Phi) is 6.24. The molecule has 1 spiro atoms. The quantitative estimate of drug-likeness (QED) is 0.184. The summed E-state index contributed by atoms with van der Waals surface area (Å²) in [6.45, 7) is 4.67. The van der Waals surface area contributed by atoms with Crippen LogP contribution in [0.3, 0.4) is 0 Å². The first-order chi connectivity index (χ1) is 26.5. The van der Waals surface area contributed by atoms with E-state index in [4.69, 9.17) is 15.0 Å².